The Kier molecular flexibility index (Phi) is 9.35. The molecule has 2 heteroatoms. The van der Waals surface area contributed by atoms with Crippen LogP contribution in [0.4, 0.5) is 0 Å². The first kappa shape index (κ1) is 19.7. The Hall–Kier alpha value is -0.340. The minimum atomic E-state index is 0.185. The summed E-state index contributed by atoms with van der Waals surface area (Å²) in [6.45, 7) is 10.3. The van der Waals surface area contributed by atoms with Crippen molar-refractivity contribution in [1.82, 2.24) is 0 Å². The van der Waals surface area contributed by atoms with Crippen LogP contribution in [0.15, 0.2) is 11.6 Å². The predicted molar refractivity (Wildman–Crippen MR) is 95.1 cm³/mol. The number of rotatable bonds is 13. The lowest BCUT2D eigenvalue weighted by atomic mass is 9.91. The largest absolute Gasteiger partial charge is 0.392 e. The van der Waals surface area contributed by atoms with Gasteiger partial charge in [0.15, 0.2) is 0 Å². The number of hydrogen-bond donors (Lipinski definition) is 1. The first-order valence-electron chi connectivity index (χ1n) is 9.35. The van der Waals surface area contributed by atoms with Gasteiger partial charge in [-0.15, -0.1) is 0 Å². The van der Waals surface area contributed by atoms with E-state index in [9.17, 15) is 0 Å². The fourth-order valence-corrected chi connectivity index (χ4v) is 3.18. The molecule has 1 N–H and O–H groups in total. The molecule has 1 aliphatic heterocycles. The first-order valence-corrected chi connectivity index (χ1v) is 9.35. The zero-order valence-electron chi connectivity index (χ0n) is 15.4. The molecule has 22 heavy (non-hydrogen) atoms. The molecule has 0 aromatic rings. The summed E-state index contributed by atoms with van der Waals surface area (Å²) in [5, 5.41) is 8.84. The minimum absolute atomic E-state index is 0.185. The molecule has 1 heterocycles. The van der Waals surface area contributed by atoms with E-state index in [0.717, 1.165) is 24.9 Å². The van der Waals surface area contributed by atoms with Crippen molar-refractivity contribution < 1.29 is 9.84 Å². The van der Waals surface area contributed by atoms with Crippen LogP contribution in [0.1, 0.15) is 85.5 Å². The number of hydrogen-bond acceptors (Lipinski definition) is 2. The second kappa shape index (κ2) is 10.4. The molecule has 0 aromatic heterocycles. The quantitative estimate of drug-likeness (QED) is 0.360. The van der Waals surface area contributed by atoms with Crippen LogP contribution in [0, 0.1) is 11.8 Å². The van der Waals surface area contributed by atoms with E-state index in [0.29, 0.717) is 0 Å². The number of aliphatic hydroxyl groups is 1. The van der Waals surface area contributed by atoms with Crippen LogP contribution >= 0.6 is 0 Å². The standard InChI is InChI=1S/C20H38O2/c1-17(9-6-11-19(3)13-15-21)8-5-10-18(2)12-7-14-20(4)16-22-20/h13,17-18,21H,5-12,14-16H2,1-4H3/b19-13+. The van der Waals surface area contributed by atoms with E-state index in [1.54, 1.807) is 0 Å². The van der Waals surface area contributed by atoms with E-state index in [2.05, 4.69) is 27.7 Å². The lowest BCUT2D eigenvalue weighted by molar-refractivity contribution is 0.293. The zero-order valence-corrected chi connectivity index (χ0v) is 15.4. The Balaban J connectivity index is 1.94. The molecule has 0 spiro atoms. The lowest BCUT2D eigenvalue weighted by Gasteiger charge is -2.15. The number of ether oxygens (including phenoxy) is 1. The molecule has 0 saturated carbocycles. The summed E-state index contributed by atoms with van der Waals surface area (Å²) in [6, 6.07) is 0. The summed E-state index contributed by atoms with van der Waals surface area (Å²) < 4.78 is 5.44. The number of aliphatic hydroxyl groups excluding tert-OH is 1. The van der Waals surface area contributed by atoms with Crippen molar-refractivity contribution in [1.29, 1.82) is 0 Å². The van der Waals surface area contributed by atoms with Gasteiger partial charge in [0.05, 0.1) is 18.8 Å². The Labute approximate surface area is 138 Å². The zero-order chi connectivity index (χ0) is 16.4. The molecule has 1 aliphatic rings. The summed E-state index contributed by atoms with van der Waals surface area (Å²) >= 11 is 0. The van der Waals surface area contributed by atoms with Crippen LogP contribution in [-0.4, -0.2) is 23.9 Å². The molecule has 0 radical (unpaired) electrons. The van der Waals surface area contributed by atoms with E-state index in [1.807, 2.05) is 6.08 Å². The molecule has 0 aliphatic carbocycles. The Bertz CT molecular complexity index is 318. The van der Waals surface area contributed by atoms with Gasteiger partial charge < -0.3 is 9.84 Å². The highest BCUT2D eigenvalue weighted by Crippen LogP contribution is 2.32. The van der Waals surface area contributed by atoms with Gasteiger partial charge in [0, 0.05) is 0 Å². The molecule has 1 saturated heterocycles. The van der Waals surface area contributed by atoms with Gasteiger partial charge in [0.2, 0.25) is 0 Å². The molecular weight excluding hydrogens is 272 g/mol. The van der Waals surface area contributed by atoms with Crippen molar-refractivity contribution >= 4 is 0 Å². The maximum atomic E-state index is 8.84. The fraction of sp³-hybridized carbons (Fsp3) is 0.900. The fourth-order valence-electron chi connectivity index (χ4n) is 3.18. The van der Waals surface area contributed by atoms with Gasteiger partial charge in [-0.1, -0.05) is 64.0 Å². The minimum Gasteiger partial charge on any atom is -0.392 e. The van der Waals surface area contributed by atoms with Gasteiger partial charge in [-0.2, -0.15) is 0 Å². The molecule has 0 aromatic carbocycles. The van der Waals surface area contributed by atoms with Crippen molar-refractivity contribution in [3.05, 3.63) is 11.6 Å². The third-order valence-electron chi connectivity index (χ3n) is 5.14. The average molecular weight is 311 g/mol. The van der Waals surface area contributed by atoms with Gasteiger partial charge in [-0.05, 0) is 44.9 Å². The number of allylic oxidation sites excluding steroid dienone is 1. The van der Waals surface area contributed by atoms with Gasteiger partial charge in [0.1, 0.15) is 0 Å². The second-order valence-electron chi connectivity index (χ2n) is 7.90. The van der Waals surface area contributed by atoms with E-state index in [1.165, 1.54) is 56.9 Å². The van der Waals surface area contributed by atoms with Crippen molar-refractivity contribution in [2.75, 3.05) is 13.2 Å². The third-order valence-corrected chi connectivity index (χ3v) is 5.14. The molecular formula is C20H38O2. The smallest absolute Gasteiger partial charge is 0.0888 e. The molecule has 130 valence electrons. The van der Waals surface area contributed by atoms with E-state index in [-0.39, 0.29) is 12.2 Å². The monoisotopic (exact) mass is 310 g/mol. The Morgan fingerprint density at radius 3 is 2.18 bits per heavy atom. The molecule has 1 rings (SSSR count). The summed E-state index contributed by atoms with van der Waals surface area (Å²) in [6.07, 6.45) is 13.7. The maximum absolute atomic E-state index is 8.84. The second-order valence-corrected chi connectivity index (χ2v) is 7.90. The summed E-state index contributed by atoms with van der Waals surface area (Å²) in [5.74, 6) is 1.71. The maximum Gasteiger partial charge on any atom is 0.0888 e. The van der Waals surface area contributed by atoms with E-state index in [4.69, 9.17) is 9.84 Å². The van der Waals surface area contributed by atoms with Gasteiger partial charge in [-0.3, -0.25) is 0 Å². The van der Waals surface area contributed by atoms with Gasteiger partial charge >= 0.3 is 0 Å². The van der Waals surface area contributed by atoms with Crippen LogP contribution in [0.25, 0.3) is 0 Å². The first-order chi connectivity index (χ1) is 10.4. The molecule has 1 fully saturated rings. The van der Waals surface area contributed by atoms with E-state index < -0.39 is 0 Å². The topological polar surface area (TPSA) is 32.8 Å². The lowest BCUT2D eigenvalue weighted by Crippen LogP contribution is -2.05. The highest BCUT2D eigenvalue weighted by Gasteiger charge is 2.38. The molecule has 2 nitrogen and oxygen atoms in total. The normalized spacial score (nSPS) is 24.3. The van der Waals surface area contributed by atoms with Crippen molar-refractivity contribution in [3.63, 3.8) is 0 Å². The van der Waals surface area contributed by atoms with Crippen molar-refractivity contribution in [2.24, 2.45) is 11.8 Å². The Morgan fingerprint density at radius 1 is 1.09 bits per heavy atom. The predicted octanol–water partition coefficient (Wildman–Crippen LogP) is 5.50. The highest BCUT2D eigenvalue weighted by molar-refractivity contribution is 4.97. The average Bonchev–Trinajstić information content (AvgIpc) is 3.17. The van der Waals surface area contributed by atoms with E-state index >= 15 is 0 Å². The SMILES string of the molecule is C/C(=C\CO)CCCC(C)CCCC(C)CCCC1(C)CO1. The summed E-state index contributed by atoms with van der Waals surface area (Å²) in [7, 11) is 0. The van der Waals surface area contributed by atoms with Crippen LogP contribution in [0.3, 0.4) is 0 Å². The van der Waals surface area contributed by atoms with Crippen molar-refractivity contribution in [2.45, 2.75) is 91.1 Å². The summed E-state index contributed by atoms with van der Waals surface area (Å²) in [5.41, 5.74) is 1.58. The van der Waals surface area contributed by atoms with Gasteiger partial charge in [0.25, 0.3) is 0 Å². The van der Waals surface area contributed by atoms with Crippen LogP contribution in [0.5, 0.6) is 0 Å². The molecule has 0 amide bonds. The summed E-state index contributed by atoms with van der Waals surface area (Å²) in [4.78, 5) is 0. The Morgan fingerprint density at radius 2 is 1.64 bits per heavy atom. The van der Waals surface area contributed by atoms with Crippen LogP contribution in [0.2, 0.25) is 0 Å². The third kappa shape index (κ3) is 9.63. The van der Waals surface area contributed by atoms with Crippen molar-refractivity contribution in [3.8, 4) is 0 Å². The van der Waals surface area contributed by atoms with Crippen LogP contribution < -0.4 is 0 Å². The number of epoxide rings is 1. The molecule has 3 atom stereocenters. The van der Waals surface area contributed by atoms with Crippen LogP contribution in [-0.2, 0) is 4.74 Å². The molecule has 0 bridgehead atoms. The van der Waals surface area contributed by atoms with Gasteiger partial charge in [-0.25, -0.2) is 0 Å². The highest BCUT2D eigenvalue weighted by atomic mass is 16.6. The molecule has 3 unspecified atom stereocenters.